The van der Waals surface area contributed by atoms with E-state index < -0.39 is 0 Å². The van der Waals surface area contributed by atoms with Gasteiger partial charge in [-0.2, -0.15) is 5.10 Å². The zero-order valence-corrected chi connectivity index (χ0v) is 11.1. The number of rotatable bonds is 7. The van der Waals surface area contributed by atoms with Crippen molar-refractivity contribution in [2.45, 2.75) is 13.0 Å². The predicted molar refractivity (Wildman–Crippen MR) is 73.1 cm³/mol. The maximum absolute atomic E-state index is 5.61. The van der Waals surface area contributed by atoms with E-state index in [9.17, 15) is 0 Å². The zero-order chi connectivity index (χ0) is 13.5. The molecule has 0 aliphatic rings. The van der Waals surface area contributed by atoms with Gasteiger partial charge in [0, 0.05) is 20.0 Å². The second-order valence-electron chi connectivity index (χ2n) is 4.25. The van der Waals surface area contributed by atoms with Crippen molar-refractivity contribution in [3.05, 3.63) is 42.2 Å². The number of benzene rings is 1. The van der Waals surface area contributed by atoms with Crippen LogP contribution in [0.15, 0.2) is 36.7 Å². The third-order valence-corrected chi connectivity index (χ3v) is 2.67. The van der Waals surface area contributed by atoms with Crippen LogP contribution < -0.4 is 15.2 Å². The van der Waals surface area contributed by atoms with Gasteiger partial charge in [0.15, 0.2) is 5.75 Å². The van der Waals surface area contributed by atoms with Gasteiger partial charge in [0.2, 0.25) is 0 Å². The Labute approximate surface area is 112 Å². The van der Waals surface area contributed by atoms with Crippen LogP contribution in [-0.2, 0) is 13.6 Å². The Morgan fingerprint density at radius 3 is 2.37 bits per heavy atom. The van der Waals surface area contributed by atoms with Crippen molar-refractivity contribution < 1.29 is 9.47 Å². The first kappa shape index (κ1) is 13.4. The molecule has 0 atom stereocenters. The van der Waals surface area contributed by atoms with Crippen molar-refractivity contribution >= 4 is 0 Å². The van der Waals surface area contributed by atoms with Crippen molar-refractivity contribution in [3.8, 4) is 11.5 Å². The first-order valence-corrected chi connectivity index (χ1v) is 6.31. The molecule has 5 heteroatoms. The molecule has 0 spiro atoms. The molecule has 2 rings (SSSR count). The van der Waals surface area contributed by atoms with Crippen LogP contribution in [-0.4, -0.2) is 23.0 Å². The van der Waals surface area contributed by atoms with Crippen LogP contribution in [0.4, 0.5) is 0 Å². The van der Waals surface area contributed by atoms with Crippen LogP contribution in [0.5, 0.6) is 11.5 Å². The first-order valence-electron chi connectivity index (χ1n) is 6.31. The predicted octanol–water partition coefficient (Wildman–Crippen LogP) is 1.73. The molecule has 0 unspecified atom stereocenters. The van der Waals surface area contributed by atoms with Gasteiger partial charge < -0.3 is 15.2 Å². The SMILES string of the molecule is Cn1cc(OCCCOc2ccc(CN)cc2)cn1. The average molecular weight is 261 g/mol. The van der Waals surface area contributed by atoms with Crippen LogP contribution in [0.2, 0.25) is 0 Å². The summed E-state index contributed by atoms with van der Waals surface area (Å²) in [6.07, 6.45) is 4.37. The largest absolute Gasteiger partial charge is 0.493 e. The maximum Gasteiger partial charge on any atom is 0.157 e. The van der Waals surface area contributed by atoms with E-state index in [-0.39, 0.29) is 0 Å². The summed E-state index contributed by atoms with van der Waals surface area (Å²) in [4.78, 5) is 0. The van der Waals surface area contributed by atoms with Gasteiger partial charge in [-0.05, 0) is 17.7 Å². The molecule has 0 amide bonds. The molecule has 19 heavy (non-hydrogen) atoms. The highest BCUT2D eigenvalue weighted by Gasteiger charge is 1.97. The quantitative estimate of drug-likeness (QED) is 0.771. The normalized spacial score (nSPS) is 10.4. The van der Waals surface area contributed by atoms with Gasteiger partial charge in [-0.3, -0.25) is 4.68 Å². The molecule has 0 saturated heterocycles. The van der Waals surface area contributed by atoms with Crippen LogP contribution in [0.3, 0.4) is 0 Å². The fourth-order valence-electron chi connectivity index (χ4n) is 1.63. The topological polar surface area (TPSA) is 62.3 Å². The summed E-state index contributed by atoms with van der Waals surface area (Å²) in [6, 6.07) is 7.82. The van der Waals surface area contributed by atoms with Gasteiger partial charge in [0.1, 0.15) is 5.75 Å². The lowest BCUT2D eigenvalue weighted by Gasteiger charge is -2.07. The molecule has 0 saturated carbocycles. The molecule has 1 aromatic heterocycles. The number of nitrogens with zero attached hydrogens (tertiary/aromatic N) is 2. The minimum Gasteiger partial charge on any atom is -0.493 e. The molecule has 1 aromatic carbocycles. The van der Waals surface area contributed by atoms with Gasteiger partial charge in [-0.1, -0.05) is 12.1 Å². The van der Waals surface area contributed by atoms with E-state index in [2.05, 4.69) is 5.10 Å². The lowest BCUT2D eigenvalue weighted by molar-refractivity contribution is 0.247. The first-order chi connectivity index (χ1) is 9.28. The molecule has 0 fully saturated rings. The molecule has 0 bridgehead atoms. The van der Waals surface area contributed by atoms with Crippen molar-refractivity contribution in [2.24, 2.45) is 12.8 Å². The van der Waals surface area contributed by atoms with Gasteiger partial charge in [-0.15, -0.1) is 0 Å². The summed E-state index contributed by atoms with van der Waals surface area (Å²) >= 11 is 0. The molecular weight excluding hydrogens is 242 g/mol. The molecule has 5 nitrogen and oxygen atoms in total. The van der Waals surface area contributed by atoms with Crippen LogP contribution in [0.1, 0.15) is 12.0 Å². The van der Waals surface area contributed by atoms with Crippen molar-refractivity contribution in [3.63, 3.8) is 0 Å². The molecule has 1 heterocycles. The van der Waals surface area contributed by atoms with E-state index in [1.54, 1.807) is 10.9 Å². The summed E-state index contributed by atoms with van der Waals surface area (Å²) in [5.74, 6) is 1.65. The lowest BCUT2D eigenvalue weighted by atomic mass is 10.2. The Balaban J connectivity index is 1.63. The standard InChI is InChI=1S/C14H19N3O2/c1-17-11-14(10-16-17)19-8-2-7-18-13-5-3-12(9-15)4-6-13/h3-6,10-11H,2,7-9,15H2,1H3. The molecule has 102 valence electrons. The fourth-order valence-corrected chi connectivity index (χ4v) is 1.63. The fraction of sp³-hybridized carbons (Fsp3) is 0.357. The monoisotopic (exact) mass is 261 g/mol. The average Bonchev–Trinajstić information content (AvgIpc) is 2.85. The number of ether oxygens (including phenoxy) is 2. The summed E-state index contributed by atoms with van der Waals surface area (Å²) in [5.41, 5.74) is 6.64. The van der Waals surface area contributed by atoms with Crippen molar-refractivity contribution in [2.75, 3.05) is 13.2 Å². The summed E-state index contributed by atoms with van der Waals surface area (Å²) in [5, 5.41) is 4.03. The third kappa shape index (κ3) is 4.30. The second-order valence-corrected chi connectivity index (χ2v) is 4.25. The van der Waals surface area contributed by atoms with E-state index in [0.717, 1.165) is 23.5 Å². The molecule has 0 aliphatic heterocycles. The number of nitrogens with two attached hydrogens (primary N) is 1. The van der Waals surface area contributed by atoms with Gasteiger partial charge in [0.05, 0.1) is 25.6 Å². The smallest absolute Gasteiger partial charge is 0.157 e. The van der Waals surface area contributed by atoms with Crippen molar-refractivity contribution in [1.82, 2.24) is 9.78 Å². The Bertz CT molecular complexity index is 494. The second kappa shape index (κ2) is 6.80. The molecule has 2 N–H and O–H groups in total. The Morgan fingerprint density at radius 2 is 1.79 bits per heavy atom. The zero-order valence-electron chi connectivity index (χ0n) is 11.1. The van der Waals surface area contributed by atoms with Crippen molar-refractivity contribution in [1.29, 1.82) is 0 Å². The summed E-state index contributed by atoms with van der Waals surface area (Å²) in [6.45, 7) is 1.80. The highest BCUT2D eigenvalue weighted by molar-refractivity contribution is 5.27. The molecular formula is C14H19N3O2. The van der Waals surface area contributed by atoms with Crippen LogP contribution in [0.25, 0.3) is 0 Å². The molecule has 0 radical (unpaired) electrons. The summed E-state index contributed by atoms with van der Waals surface area (Å²) in [7, 11) is 1.86. The third-order valence-electron chi connectivity index (χ3n) is 2.67. The molecule has 0 aliphatic carbocycles. The summed E-state index contributed by atoms with van der Waals surface area (Å²) < 4.78 is 12.8. The maximum atomic E-state index is 5.61. The Kier molecular flexibility index (Phi) is 4.80. The van der Waals surface area contributed by atoms with Gasteiger partial charge in [0.25, 0.3) is 0 Å². The highest BCUT2D eigenvalue weighted by atomic mass is 16.5. The van der Waals surface area contributed by atoms with Gasteiger partial charge >= 0.3 is 0 Å². The minimum atomic E-state index is 0.555. The minimum absolute atomic E-state index is 0.555. The van der Waals surface area contributed by atoms with E-state index >= 15 is 0 Å². The lowest BCUT2D eigenvalue weighted by Crippen LogP contribution is -2.05. The van der Waals surface area contributed by atoms with Crippen LogP contribution in [0, 0.1) is 0 Å². The van der Waals surface area contributed by atoms with Crippen LogP contribution >= 0.6 is 0 Å². The Hall–Kier alpha value is -2.01. The van der Waals surface area contributed by atoms with Gasteiger partial charge in [-0.25, -0.2) is 0 Å². The number of hydrogen-bond acceptors (Lipinski definition) is 4. The van der Waals surface area contributed by atoms with E-state index in [0.29, 0.717) is 19.8 Å². The highest BCUT2D eigenvalue weighted by Crippen LogP contribution is 2.12. The number of aryl methyl sites for hydroxylation is 1. The molecule has 2 aromatic rings. The Morgan fingerprint density at radius 1 is 1.11 bits per heavy atom. The van der Waals surface area contributed by atoms with E-state index in [4.69, 9.17) is 15.2 Å². The number of hydrogen-bond donors (Lipinski definition) is 1. The number of aromatic nitrogens is 2. The van der Waals surface area contributed by atoms with E-state index in [1.807, 2.05) is 37.5 Å². The van der Waals surface area contributed by atoms with E-state index in [1.165, 1.54) is 0 Å².